The van der Waals surface area contributed by atoms with Gasteiger partial charge in [-0.3, -0.25) is 4.79 Å². The number of hydrogen-bond donors (Lipinski definition) is 2. The van der Waals surface area contributed by atoms with E-state index in [0.717, 1.165) is 42.7 Å². The van der Waals surface area contributed by atoms with E-state index in [1.165, 1.54) is 0 Å². The van der Waals surface area contributed by atoms with Gasteiger partial charge < -0.3 is 21.1 Å². The molecule has 0 atom stereocenters. The molecular weight excluding hydrogens is 459 g/mol. The second-order valence-corrected chi connectivity index (χ2v) is 8.42. The van der Waals surface area contributed by atoms with Gasteiger partial charge in [-0.15, -0.1) is 0 Å². The second kappa shape index (κ2) is 11.4. The number of benzene rings is 2. The van der Waals surface area contributed by atoms with Crippen molar-refractivity contribution < 1.29 is 9.53 Å². The fraction of sp³-hybridized carbons (Fsp3) is 0.280. The number of carbonyl (C=O) groups excluding carboxylic acids is 1. The smallest absolute Gasteiger partial charge is 0.248 e. The third kappa shape index (κ3) is 6.16. The summed E-state index contributed by atoms with van der Waals surface area (Å²) in [5.41, 5.74) is 15.5. The lowest BCUT2D eigenvalue weighted by molar-refractivity contribution is 0.1000. The van der Waals surface area contributed by atoms with Crippen LogP contribution in [-0.2, 0) is 13.0 Å². The minimum Gasteiger partial charge on any atom is -0.485 e. The van der Waals surface area contributed by atoms with Gasteiger partial charge in [0.25, 0.3) is 0 Å². The number of amides is 1. The zero-order chi connectivity index (χ0) is 24.0. The van der Waals surface area contributed by atoms with Crippen molar-refractivity contribution in [3.8, 4) is 16.9 Å². The van der Waals surface area contributed by atoms with E-state index in [2.05, 4.69) is 23.7 Å². The van der Waals surface area contributed by atoms with Crippen LogP contribution in [0.15, 0.2) is 48.7 Å². The molecule has 0 radical (unpaired) electrons. The highest BCUT2D eigenvalue weighted by Crippen LogP contribution is 2.32. The maximum Gasteiger partial charge on any atom is 0.248 e. The molecule has 0 unspecified atom stereocenters. The molecule has 3 aromatic rings. The van der Waals surface area contributed by atoms with Gasteiger partial charge in [-0.2, -0.15) is 0 Å². The minimum atomic E-state index is -0.457. The van der Waals surface area contributed by atoms with Crippen LogP contribution in [0.5, 0.6) is 5.75 Å². The molecular formula is C25H28Cl2N4O2. The molecule has 0 saturated carbocycles. The Hall–Kier alpha value is -2.80. The van der Waals surface area contributed by atoms with Crippen molar-refractivity contribution in [2.24, 2.45) is 5.73 Å². The number of aromatic nitrogens is 1. The fourth-order valence-electron chi connectivity index (χ4n) is 3.59. The molecule has 0 fully saturated rings. The van der Waals surface area contributed by atoms with Gasteiger partial charge >= 0.3 is 0 Å². The van der Waals surface area contributed by atoms with Crippen molar-refractivity contribution in [2.45, 2.75) is 26.9 Å². The molecule has 8 heteroatoms. The van der Waals surface area contributed by atoms with Crippen LogP contribution in [0.25, 0.3) is 11.1 Å². The summed E-state index contributed by atoms with van der Waals surface area (Å²) in [5, 5.41) is 1.04. The number of nitrogens with two attached hydrogens (primary N) is 2. The number of carbonyl (C=O) groups is 1. The molecule has 0 aliphatic heterocycles. The Bertz CT molecular complexity index is 1110. The lowest BCUT2D eigenvalue weighted by Crippen LogP contribution is -2.25. The molecule has 0 saturated heterocycles. The Morgan fingerprint density at radius 1 is 1.09 bits per heavy atom. The Morgan fingerprint density at radius 3 is 2.42 bits per heavy atom. The zero-order valence-corrected chi connectivity index (χ0v) is 20.3. The lowest BCUT2D eigenvalue weighted by atomic mass is 9.96. The fourth-order valence-corrected chi connectivity index (χ4v) is 4.10. The van der Waals surface area contributed by atoms with Gasteiger partial charge in [0, 0.05) is 39.5 Å². The van der Waals surface area contributed by atoms with Crippen LogP contribution in [0.1, 0.15) is 35.3 Å². The number of likely N-dealkylation sites (N-methyl/N-ethyl adjacent to an activating group) is 1. The largest absolute Gasteiger partial charge is 0.485 e. The molecule has 33 heavy (non-hydrogen) atoms. The Kier molecular flexibility index (Phi) is 8.55. The summed E-state index contributed by atoms with van der Waals surface area (Å²) in [5.74, 6) is 0.235. The van der Waals surface area contributed by atoms with Gasteiger partial charge in [-0.1, -0.05) is 49.2 Å². The van der Waals surface area contributed by atoms with Crippen molar-refractivity contribution >= 4 is 34.9 Å². The Balaban J connectivity index is 1.92. The summed E-state index contributed by atoms with van der Waals surface area (Å²) < 4.78 is 5.94. The summed E-state index contributed by atoms with van der Waals surface area (Å²) in [6.07, 6.45) is 2.46. The highest BCUT2D eigenvalue weighted by Gasteiger charge is 2.14. The molecule has 2 aromatic carbocycles. The maximum absolute atomic E-state index is 11.8. The predicted molar refractivity (Wildman–Crippen MR) is 135 cm³/mol. The lowest BCUT2D eigenvalue weighted by Gasteiger charge is -2.19. The number of rotatable bonds is 10. The predicted octanol–water partition coefficient (Wildman–Crippen LogP) is 5.20. The summed E-state index contributed by atoms with van der Waals surface area (Å²) in [7, 11) is 0. The highest BCUT2D eigenvalue weighted by atomic mass is 35.5. The first-order valence-electron chi connectivity index (χ1n) is 10.8. The topological polar surface area (TPSA) is 94.5 Å². The molecule has 0 aliphatic carbocycles. The quantitative estimate of drug-likeness (QED) is 0.410. The van der Waals surface area contributed by atoms with E-state index < -0.39 is 5.91 Å². The maximum atomic E-state index is 11.8. The van der Waals surface area contributed by atoms with Crippen LogP contribution < -0.4 is 16.2 Å². The molecule has 4 N–H and O–H groups in total. The minimum absolute atomic E-state index is 0.156. The molecule has 1 aromatic heterocycles. The van der Waals surface area contributed by atoms with Crippen molar-refractivity contribution in [1.29, 1.82) is 0 Å². The van der Waals surface area contributed by atoms with E-state index in [-0.39, 0.29) is 12.4 Å². The van der Waals surface area contributed by atoms with Crippen LogP contribution in [0.3, 0.4) is 0 Å². The third-order valence-electron chi connectivity index (χ3n) is 5.61. The summed E-state index contributed by atoms with van der Waals surface area (Å²) >= 11 is 12.5. The van der Waals surface area contributed by atoms with E-state index in [9.17, 15) is 4.79 Å². The van der Waals surface area contributed by atoms with Gasteiger partial charge in [0.15, 0.2) is 11.6 Å². The molecule has 1 amide bonds. The van der Waals surface area contributed by atoms with Gasteiger partial charge in [0.2, 0.25) is 5.91 Å². The van der Waals surface area contributed by atoms with Crippen LogP contribution in [0, 0.1) is 0 Å². The number of nitrogen functional groups attached to an aromatic ring is 1. The molecule has 3 rings (SSSR count). The number of halogens is 2. The van der Waals surface area contributed by atoms with E-state index in [4.69, 9.17) is 39.4 Å². The molecule has 6 nitrogen and oxygen atoms in total. The summed E-state index contributed by atoms with van der Waals surface area (Å²) in [6, 6.07) is 12.6. The highest BCUT2D eigenvalue weighted by molar-refractivity contribution is 6.35. The average molecular weight is 487 g/mol. The van der Waals surface area contributed by atoms with Crippen molar-refractivity contribution in [3.63, 3.8) is 0 Å². The Morgan fingerprint density at radius 2 is 1.79 bits per heavy atom. The standard InChI is InChI=1S/C25H28Cl2N4O2/c1-3-31(4-2)11-10-16-12-17(25(29)32)8-9-19(16)18-13-23(24(28)30-14-18)33-15-20-21(26)6-5-7-22(20)27/h5-9,12-14H,3-4,10-11,15H2,1-2H3,(H2,28,30)(H2,29,32). The number of primary amides is 1. The third-order valence-corrected chi connectivity index (χ3v) is 6.32. The molecule has 1 heterocycles. The van der Waals surface area contributed by atoms with Crippen LogP contribution in [0.4, 0.5) is 5.82 Å². The first-order chi connectivity index (χ1) is 15.8. The van der Waals surface area contributed by atoms with E-state index in [0.29, 0.717) is 26.9 Å². The second-order valence-electron chi connectivity index (χ2n) is 7.61. The SMILES string of the molecule is CCN(CC)CCc1cc(C(N)=O)ccc1-c1cnc(N)c(OCc2c(Cl)cccc2Cl)c1. The van der Waals surface area contributed by atoms with E-state index >= 15 is 0 Å². The van der Waals surface area contributed by atoms with Crippen LogP contribution >= 0.6 is 23.2 Å². The zero-order valence-electron chi connectivity index (χ0n) is 18.8. The summed E-state index contributed by atoms with van der Waals surface area (Å²) in [4.78, 5) is 18.4. The first-order valence-corrected chi connectivity index (χ1v) is 11.6. The Labute approximate surface area is 204 Å². The normalized spacial score (nSPS) is 11.1. The van der Waals surface area contributed by atoms with Crippen molar-refractivity contribution in [1.82, 2.24) is 9.88 Å². The van der Waals surface area contributed by atoms with Gasteiger partial charge in [-0.05, 0) is 61.0 Å². The molecule has 0 aliphatic rings. The summed E-state index contributed by atoms with van der Waals surface area (Å²) in [6.45, 7) is 7.18. The number of nitrogens with zero attached hydrogens (tertiary/aromatic N) is 2. The van der Waals surface area contributed by atoms with Crippen LogP contribution in [0.2, 0.25) is 10.0 Å². The monoisotopic (exact) mass is 486 g/mol. The van der Waals surface area contributed by atoms with Crippen molar-refractivity contribution in [3.05, 3.63) is 75.4 Å². The number of anilines is 1. The van der Waals surface area contributed by atoms with Crippen molar-refractivity contribution in [2.75, 3.05) is 25.4 Å². The molecule has 0 bridgehead atoms. The number of hydrogen-bond acceptors (Lipinski definition) is 5. The van der Waals surface area contributed by atoms with Crippen LogP contribution in [-0.4, -0.2) is 35.4 Å². The number of pyridine rings is 1. The number of ether oxygens (including phenoxy) is 1. The molecule has 174 valence electrons. The molecule has 0 spiro atoms. The van der Waals surface area contributed by atoms with Gasteiger partial charge in [0.1, 0.15) is 6.61 Å². The van der Waals surface area contributed by atoms with E-state index in [1.807, 2.05) is 18.2 Å². The van der Waals surface area contributed by atoms with E-state index in [1.54, 1.807) is 30.5 Å². The first kappa shape index (κ1) is 24.8. The van der Waals surface area contributed by atoms with Gasteiger partial charge in [0.05, 0.1) is 0 Å². The van der Waals surface area contributed by atoms with Gasteiger partial charge in [-0.25, -0.2) is 4.98 Å². The average Bonchev–Trinajstić information content (AvgIpc) is 2.80.